The second-order valence-corrected chi connectivity index (χ2v) is 9.71. The molecule has 2 saturated heterocycles. The normalized spacial score (nSPS) is 21.6. The van der Waals surface area contributed by atoms with Gasteiger partial charge in [0.15, 0.2) is 0 Å². The summed E-state index contributed by atoms with van der Waals surface area (Å²) in [6, 6.07) is 6.58. The number of fused-ring (bicyclic) bond motifs is 2. The number of halogens is 1. The van der Waals surface area contributed by atoms with Gasteiger partial charge in [-0.25, -0.2) is 9.37 Å². The lowest BCUT2D eigenvalue weighted by Gasteiger charge is -2.32. The average Bonchev–Trinajstić information content (AvgIpc) is 3.43. The SMILES string of the molecule is O=C1CCC(N2Cc3cc(C4CCN(Cc5ccc6nccn6c5)CC4)c(F)cc3C2=O)C(=O)N1. The van der Waals surface area contributed by atoms with Gasteiger partial charge in [-0.15, -0.1) is 0 Å². The number of hydrogen-bond acceptors (Lipinski definition) is 5. The number of amides is 3. The lowest BCUT2D eigenvalue weighted by Crippen LogP contribution is -2.52. The molecule has 35 heavy (non-hydrogen) atoms. The van der Waals surface area contributed by atoms with Crippen LogP contribution in [0.25, 0.3) is 5.65 Å². The minimum Gasteiger partial charge on any atom is -0.322 e. The van der Waals surface area contributed by atoms with Crippen molar-refractivity contribution in [2.24, 2.45) is 0 Å². The van der Waals surface area contributed by atoms with Crippen LogP contribution in [0, 0.1) is 5.82 Å². The molecule has 2 fully saturated rings. The molecule has 0 saturated carbocycles. The zero-order valence-corrected chi connectivity index (χ0v) is 19.2. The number of nitrogens with one attached hydrogen (secondary N) is 1. The Hall–Kier alpha value is -3.59. The molecule has 3 aliphatic rings. The van der Waals surface area contributed by atoms with E-state index in [0.717, 1.165) is 43.7 Å². The Labute approximate surface area is 201 Å². The van der Waals surface area contributed by atoms with Crippen molar-refractivity contribution in [1.82, 2.24) is 24.5 Å². The van der Waals surface area contributed by atoms with Crippen LogP contribution in [0.15, 0.2) is 42.9 Å². The van der Waals surface area contributed by atoms with E-state index in [2.05, 4.69) is 27.5 Å². The van der Waals surface area contributed by atoms with Crippen molar-refractivity contribution < 1.29 is 18.8 Å². The van der Waals surface area contributed by atoms with E-state index in [4.69, 9.17) is 0 Å². The van der Waals surface area contributed by atoms with Gasteiger partial charge in [-0.05, 0) is 67.1 Å². The first-order chi connectivity index (χ1) is 17.0. The zero-order valence-electron chi connectivity index (χ0n) is 19.2. The molecule has 0 spiro atoms. The summed E-state index contributed by atoms with van der Waals surface area (Å²) in [5.74, 6) is -1.39. The number of piperidine rings is 2. The number of imide groups is 1. The van der Waals surface area contributed by atoms with Crippen LogP contribution in [0.2, 0.25) is 0 Å². The van der Waals surface area contributed by atoms with E-state index in [1.54, 1.807) is 6.20 Å². The minimum atomic E-state index is -0.691. The average molecular weight is 476 g/mol. The maximum absolute atomic E-state index is 15.1. The van der Waals surface area contributed by atoms with Crippen LogP contribution in [-0.2, 0) is 22.7 Å². The number of carbonyl (C=O) groups is 3. The molecule has 0 aliphatic carbocycles. The van der Waals surface area contributed by atoms with E-state index in [1.165, 1.54) is 16.5 Å². The summed E-state index contributed by atoms with van der Waals surface area (Å²) in [6.45, 7) is 2.83. The summed E-state index contributed by atoms with van der Waals surface area (Å²) in [5.41, 5.74) is 3.87. The van der Waals surface area contributed by atoms with Gasteiger partial charge >= 0.3 is 0 Å². The van der Waals surface area contributed by atoms with E-state index in [9.17, 15) is 14.4 Å². The Balaban J connectivity index is 1.13. The summed E-state index contributed by atoms with van der Waals surface area (Å²) in [7, 11) is 0. The first-order valence-electron chi connectivity index (χ1n) is 12.1. The molecular formula is C26H26FN5O3. The van der Waals surface area contributed by atoms with Crippen LogP contribution < -0.4 is 5.32 Å². The van der Waals surface area contributed by atoms with Crippen LogP contribution in [0.5, 0.6) is 0 Å². The van der Waals surface area contributed by atoms with Crippen molar-refractivity contribution in [3.8, 4) is 0 Å². The number of pyridine rings is 1. The highest BCUT2D eigenvalue weighted by Crippen LogP contribution is 2.35. The predicted octanol–water partition coefficient (Wildman–Crippen LogP) is 2.61. The quantitative estimate of drug-likeness (QED) is 0.587. The largest absolute Gasteiger partial charge is 0.322 e. The minimum absolute atomic E-state index is 0.0902. The molecule has 0 radical (unpaired) electrons. The lowest BCUT2D eigenvalue weighted by atomic mass is 9.87. The van der Waals surface area contributed by atoms with Crippen LogP contribution in [0.4, 0.5) is 4.39 Å². The second-order valence-electron chi connectivity index (χ2n) is 9.71. The van der Waals surface area contributed by atoms with Gasteiger partial charge in [0.05, 0.1) is 0 Å². The van der Waals surface area contributed by atoms with Gasteiger partial charge in [-0.1, -0.05) is 12.1 Å². The molecule has 1 N–H and O–H groups in total. The maximum atomic E-state index is 15.1. The third-order valence-electron chi connectivity index (χ3n) is 7.52. The Morgan fingerprint density at radius 2 is 1.91 bits per heavy atom. The van der Waals surface area contributed by atoms with E-state index < -0.39 is 11.9 Å². The number of aromatic nitrogens is 2. The summed E-state index contributed by atoms with van der Waals surface area (Å²) in [5, 5.41) is 2.30. The molecule has 1 unspecified atom stereocenters. The molecule has 1 aromatic carbocycles. The number of carbonyl (C=O) groups excluding carboxylic acids is 3. The van der Waals surface area contributed by atoms with Gasteiger partial charge in [-0.2, -0.15) is 0 Å². The van der Waals surface area contributed by atoms with Crippen molar-refractivity contribution in [3.63, 3.8) is 0 Å². The molecule has 6 rings (SSSR count). The molecule has 3 amide bonds. The van der Waals surface area contributed by atoms with Gasteiger partial charge in [0.25, 0.3) is 5.91 Å². The van der Waals surface area contributed by atoms with Crippen LogP contribution >= 0.6 is 0 Å². The Kier molecular flexibility index (Phi) is 5.36. The monoisotopic (exact) mass is 475 g/mol. The number of rotatable bonds is 4. The molecule has 9 heteroatoms. The topological polar surface area (TPSA) is 87.0 Å². The highest BCUT2D eigenvalue weighted by Gasteiger charge is 2.40. The zero-order chi connectivity index (χ0) is 24.1. The van der Waals surface area contributed by atoms with Crippen LogP contribution in [-0.4, -0.2) is 56.0 Å². The second kappa shape index (κ2) is 8.57. The van der Waals surface area contributed by atoms with Gasteiger partial charge < -0.3 is 9.30 Å². The smallest absolute Gasteiger partial charge is 0.255 e. The fourth-order valence-corrected chi connectivity index (χ4v) is 5.64. The summed E-state index contributed by atoms with van der Waals surface area (Å²) < 4.78 is 17.2. The predicted molar refractivity (Wildman–Crippen MR) is 125 cm³/mol. The third-order valence-corrected chi connectivity index (χ3v) is 7.52. The van der Waals surface area contributed by atoms with Crippen LogP contribution in [0.1, 0.15) is 58.6 Å². The Bertz CT molecular complexity index is 1340. The van der Waals surface area contributed by atoms with Gasteiger partial charge in [-0.3, -0.25) is 24.6 Å². The van der Waals surface area contributed by atoms with Gasteiger partial charge in [0.2, 0.25) is 11.8 Å². The number of hydrogen-bond donors (Lipinski definition) is 1. The number of imidazole rings is 1. The third kappa shape index (κ3) is 3.99. The van der Waals surface area contributed by atoms with E-state index >= 15 is 4.39 Å². The molecule has 180 valence electrons. The molecular weight excluding hydrogens is 449 g/mol. The van der Waals surface area contributed by atoms with Crippen LogP contribution in [0.3, 0.4) is 0 Å². The fourth-order valence-electron chi connectivity index (χ4n) is 5.64. The molecule has 2 aromatic heterocycles. The summed E-state index contributed by atoms with van der Waals surface area (Å²) >= 11 is 0. The van der Waals surface area contributed by atoms with Gasteiger partial charge in [0.1, 0.15) is 17.5 Å². The summed E-state index contributed by atoms with van der Waals surface area (Å²) in [4.78, 5) is 44.8. The standard InChI is InChI=1S/C26H26FN5O3/c27-21-12-20-18(15-32(26(20)35)22-2-4-24(33)29-25(22)34)11-19(21)17-5-8-30(9-6-17)13-16-1-3-23-28-7-10-31(23)14-16/h1,3,7,10-12,14,17,22H,2,4-6,8-9,13,15H2,(H,29,33,34). The van der Waals surface area contributed by atoms with Gasteiger partial charge in [0, 0.05) is 43.7 Å². The van der Waals surface area contributed by atoms with Crippen molar-refractivity contribution in [1.29, 1.82) is 0 Å². The molecule has 1 atom stereocenters. The number of benzene rings is 1. The molecule has 3 aliphatic heterocycles. The maximum Gasteiger partial charge on any atom is 0.255 e. The van der Waals surface area contributed by atoms with Crippen molar-refractivity contribution in [3.05, 3.63) is 70.9 Å². The Morgan fingerprint density at radius 1 is 1.09 bits per heavy atom. The fraction of sp³-hybridized carbons (Fsp3) is 0.385. The molecule has 0 bridgehead atoms. The summed E-state index contributed by atoms with van der Waals surface area (Å²) in [6.07, 6.45) is 8.00. The van der Waals surface area contributed by atoms with Crippen molar-refractivity contribution >= 4 is 23.4 Å². The molecule has 8 nitrogen and oxygen atoms in total. The first-order valence-corrected chi connectivity index (χ1v) is 12.1. The van der Waals surface area contributed by atoms with E-state index in [0.29, 0.717) is 17.5 Å². The van der Waals surface area contributed by atoms with E-state index in [1.807, 2.05) is 22.7 Å². The number of nitrogens with zero attached hydrogens (tertiary/aromatic N) is 4. The Morgan fingerprint density at radius 3 is 2.71 bits per heavy atom. The first kappa shape index (κ1) is 21.9. The number of likely N-dealkylation sites (tertiary alicyclic amines) is 1. The van der Waals surface area contributed by atoms with E-state index in [-0.39, 0.29) is 36.5 Å². The molecule has 3 aromatic rings. The highest BCUT2D eigenvalue weighted by molar-refractivity contribution is 6.05. The lowest BCUT2D eigenvalue weighted by molar-refractivity contribution is -0.136. The van der Waals surface area contributed by atoms with Crippen molar-refractivity contribution in [2.45, 2.75) is 50.7 Å². The molecule has 5 heterocycles. The van der Waals surface area contributed by atoms with Crippen molar-refractivity contribution in [2.75, 3.05) is 13.1 Å². The highest BCUT2D eigenvalue weighted by atomic mass is 19.1.